The van der Waals surface area contributed by atoms with Gasteiger partial charge in [-0.3, -0.25) is 19.1 Å². The maximum atomic E-state index is 13.1. The molecule has 2 aliphatic rings. The lowest BCUT2D eigenvalue weighted by atomic mass is 9.94. The van der Waals surface area contributed by atoms with Gasteiger partial charge >= 0.3 is 5.69 Å². The second kappa shape index (κ2) is 8.52. The number of piperidine rings is 1. The molecule has 178 valence electrons. The highest BCUT2D eigenvalue weighted by molar-refractivity contribution is 6.42. The van der Waals surface area contributed by atoms with Crippen molar-refractivity contribution >= 4 is 56.8 Å². The van der Waals surface area contributed by atoms with Gasteiger partial charge in [0.05, 0.1) is 21.1 Å². The summed E-state index contributed by atoms with van der Waals surface area (Å²) in [4.78, 5) is 45.4. The zero-order valence-corrected chi connectivity index (χ0v) is 20.3. The van der Waals surface area contributed by atoms with E-state index in [0.717, 1.165) is 42.2 Å². The molecule has 1 aromatic heterocycles. The molecule has 9 heteroatoms. The molecule has 1 saturated heterocycles. The van der Waals surface area contributed by atoms with Crippen LogP contribution in [0.3, 0.4) is 0 Å². The number of imide groups is 1. The van der Waals surface area contributed by atoms with Crippen molar-refractivity contribution in [1.82, 2.24) is 19.4 Å². The van der Waals surface area contributed by atoms with Gasteiger partial charge in [-0.2, -0.15) is 0 Å². The molecule has 0 atom stereocenters. The molecule has 0 bridgehead atoms. The van der Waals surface area contributed by atoms with Gasteiger partial charge < -0.3 is 9.88 Å². The Hall–Kier alpha value is -3.13. The fourth-order valence-corrected chi connectivity index (χ4v) is 5.73. The summed E-state index contributed by atoms with van der Waals surface area (Å²) in [7, 11) is 0. The molecule has 0 aliphatic carbocycles. The predicted octanol–water partition coefficient (Wildman–Crippen LogP) is 4.72. The van der Waals surface area contributed by atoms with E-state index in [-0.39, 0.29) is 23.5 Å². The minimum Gasteiger partial charge on any atom is -0.305 e. The quantitative estimate of drug-likeness (QED) is 0.404. The molecule has 0 radical (unpaired) electrons. The standard InChI is InChI=1S/C26H22Cl2N4O3/c27-19-13-21-22(14-20(19)28)32(26(35)29-21)16-7-9-30(10-8-16)11-12-31-24(33)17-5-1-3-15-4-2-6-18(23(15)17)25(31)34/h1-6,13-14,16H,7-12H2,(H,29,35). The number of fused-ring (bicyclic) bond motifs is 1. The molecule has 7 nitrogen and oxygen atoms in total. The number of nitrogens with zero attached hydrogens (tertiary/aromatic N) is 3. The molecule has 0 saturated carbocycles. The lowest BCUT2D eigenvalue weighted by molar-refractivity contribution is 0.0583. The van der Waals surface area contributed by atoms with Gasteiger partial charge in [0.1, 0.15) is 0 Å². The number of carbonyl (C=O) groups is 2. The van der Waals surface area contributed by atoms with Crippen LogP contribution in [0, 0.1) is 0 Å². The fraction of sp³-hybridized carbons (Fsp3) is 0.269. The number of likely N-dealkylation sites (tertiary alicyclic amines) is 1. The Labute approximate surface area is 210 Å². The zero-order valence-electron chi connectivity index (χ0n) is 18.8. The van der Waals surface area contributed by atoms with Crippen molar-refractivity contribution in [3.8, 4) is 0 Å². The van der Waals surface area contributed by atoms with Gasteiger partial charge in [0, 0.05) is 48.7 Å². The largest absolute Gasteiger partial charge is 0.326 e. The first-order valence-electron chi connectivity index (χ1n) is 11.6. The first kappa shape index (κ1) is 22.3. The number of imidazole rings is 1. The molecule has 0 unspecified atom stereocenters. The Morgan fingerprint density at radius 2 is 1.49 bits per heavy atom. The van der Waals surface area contributed by atoms with Crippen molar-refractivity contribution in [2.24, 2.45) is 0 Å². The van der Waals surface area contributed by atoms with Crippen molar-refractivity contribution in [2.75, 3.05) is 26.2 Å². The van der Waals surface area contributed by atoms with Crippen LogP contribution in [0.1, 0.15) is 39.6 Å². The smallest absolute Gasteiger partial charge is 0.305 e. The van der Waals surface area contributed by atoms with Crippen LogP contribution in [0.4, 0.5) is 0 Å². The number of H-pyrrole nitrogens is 1. The van der Waals surface area contributed by atoms with E-state index in [1.165, 1.54) is 4.90 Å². The average molecular weight is 509 g/mol. The van der Waals surface area contributed by atoms with E-state index in [4.69, 9.17) is 23.2 Å². The molecule has 2 amide bonds. The highest BCUT2D eigenvalue weighted by Gasteiger charge is 2.33. The number of rotatable bonds is 4. The number of nitrogens with one attached hydrogen (secondary N) is 1. The number of benzene rings is 3. The third kappa shape index (κ3) is 3.66. The van der Waals surface area contributed by atoms with Gasteiger partial charge in [-0.25, -0.2) is 4.79 Å². The summed E-state index contributed by atoms with van der Waals surface area (Å²) in [6.07, 6.45) is 1.55. The number of hydrogen-bond donors (Lipinski definition) is 1. The number of hydrogen-bond acceptors (Lipinski definition) is 4. The molecular formula is C26H22Cl2N4O3. The third-order valence-corrected chi connectivity index (χ3v) is 7.90. The van der Waals surface area contributed by atoms with Crippen LogP contribution in [0.2, 0.25) is 10.0 Å². The molecule has 3 aromatic carbocycles. The van der Waals surface area contributed by atoms with Crippen LogP contribution in [0.5, 0.6) is 0 Å². The van der Waals surface area contributed by atoms with E-state index in [0.29, 0.717) is 39.8 Å². The molecule has 35 heavy (non-hydrogen) atoms. The van der Waals surface area contributed by atoms with Crippen LogP contribution < -0.4 is 5.69 Å². The van der Waals surface area contributed by atoms with Gasteiger partial charge in [-0.15, -0.1) is 0 Å². The SMILES string of the molecule is O=C1c2cccc3cccc(c23)C(=O)N1CCN1CCC(n2c(=O)[nH]c3cc(Cl)c(Cl)cc32)CC1. The molecule has 6 rings (SSSR count). The maximum Gasteiger partial charge on any atom is 0.326 e. The summed E-state index contributed by atoms with van der Waals surface area (Å²) in [5.74, 6) is -0.481. The minimum atomic E-state index is -0.241. The average Bonchev–Trinajstić information content (AvgIpc) is 3.17. The summed E-state index contributed by atoms with van der Waals surface area (Å²) < 4.78 is 1.77. The summed E-state index contributed by atoms with van der Waals surface area (Å²) >= 11 is 12.3. The summed E-state index contributed by atoms with van der Waals surface area (Å²) in [5, 5.41) is 2.47. The van der Waals surface area contributed by atoms with E-state index >= 15 is 0 Å². The van der Waals surface area contributed by atoms with Crippen LogP contribution >= 0.6 is 23.2 Å². The topological polar surface area (TPSA) is 78.4 Å². The van der Waals surface area contributed by atoms with Crippen molar-refractivity contribution < 1.29 is 9.59 Å². The van der Waals surface area contributed by atoms with Crippen LogP contribution in [0.15, 0.2) is 53.3 Å². The van der Waals surface area contributed by atoms with Crippen molar-refractivity contribution in [3.05, 3.63) is 80.2 Å². The van der Waals surface area contributed by atoms with Gasteiger partial charge in [0.2, 0.25) is 0 Å². The number of amides is 2. The third-order valence-electron chi connectivity index (χ3n) is 7.18. The van der Waals surface area contributed by atoms with Crippen molar-refractivity contribution in [1.29, 1.82) is 0 Å². The van der Waals surface area contributed by atoms with Gasteiger partial charge in [-0.1, -0.05) is 47.5 Å². The Kier molecular flexibility index (Phi) is 5.44. The van der Waals surface area contributed by atoms with Crippen molar-refractivity contribution in [3.63, 3.8) is 0 Å². The van der Waals surface area contributed by atoms with E-state index in [9.17, 15) is 14.4 Å². The monoisotopic (exact) mass is 508 g/mol. The number of aromatic nitrogens is 2. The number of aromatic amines is 1. The van der Waals surface area contributed by atoms with Crippen LogP contribution in [-0.4, -0.2) is 57.3 Å². The highest BCUT2D eigenvalue weighted by atomic mass is 35.5. The fourth-order valence-electron chi connectivity index (χ4n) is 5.41. The Balaban J connectivity index is 1.15. The maximum absolute atomic E-state index is 13.1. The van der Waals surface area contributed by atoms with Crippen LogP contribution in [0.25, 0.3) is 21.8 Å². The van der Waals surface area contributed by atoms with Gasteiger partial charge in [0.15, 0.2) is 0 Å². The van der Waals surface area contributed by atoms with Crippen LogP contribution in [-0.2, 0) is 0 Å². The molecule has 3 heterocycles. The second-order valence-corrected chi connectivity index (χ2v) is 9.94. The molecule has 0 spiro atoms. The molecule has 4 aromatic rings. The number of carbonyl (C=O) groups excluding carboxylic acids is 2. The summed E-state index contributed by atoms with van der Waals surface area (Å²) in [6.45, 7) is 2.43. The van der Waals surface area contributed by atoms with E-state index in [1.54, 1.807) is 28.8 Å². The summed E-state index contributed by atoms with van der Waals surface area (Å²) in [6, 6.07) is 14.6. The molecule has 1 fully saturated rings. The normalized spacial score (nSPS) is 17.1. The van der Waals surface area contributed by atoms with E-state index in [2.05, 4.69) is 9.88 Å². The predicted molar refractivity (Wildman–Crippen MR) is 137 cm³/mol. The van der Waals surface area contributed by atoms with Crippen molar-refractivity contribution in [2.45, 2.75) is 18.9 Å². The second-order valence-electron chi connectivity index (χ2n) is 9.13. The lowest BCUT2D eigenvalue weighted by Gasteiger charge is -2.34. The van der Waals surface area contributed by atoms with E-state index < -0.39 is 0 Å². The Morgan fingerprint density at radius 1 is 0.857 bits per heavy atom. The Bertz CT molecular complexity index is 1520. The zero-order chi connectivity index (χ0) is 24.3. The highest BCUT2D eigenvalue weighted by Crippen LogP contribution is 2.32. The van der Waals surface area contributed by atoms with Gasteiger partial charge in [0.25, 0.3) is 11.8 Å². The molecular weight excluding hydrogens is 487 g/mol. The first-order valence-corrected chi connectivity index (χ1v) is 12.4. The van der Waals surface area contributed by atoms with E-state index in [1.807, 2.05) is 24.3 Å². The number of halogens is 2. The molecule has 2 aliphatic heterocycles. The van der Waals surface area contributed by atoms with Gasteiger partial charge in [-0.05, 0) is 42.5 Å². The summed E-state index contributed by atoms with van der Waals surface area (Å²) in [5.41, 5.74) is 2.40. The molecule has 1 N–H and O–H groups in total. The minimum absolute atomic E-state index is 0.0347. The Morgan fingerprint density at radius 3 is 2.14 bits per heavy atom. The lowest BCUT2D eigenvalue weighted by Crippen LogP contribution is -2.46. The first-order chi connectivity index (χ1) is 16.9.